The maximum absolute atomic E-state index is 14.1. The second kappa shape index (κ2) is 18.3. The predicted octanol–water partition coefficient (Wildman–Crippen LogP) is 6.76. The molecule has 2 aromatic heterocycles. The molecule has 0 bridgehead atoms. The first kappa shape index (κ1) is 42.5. The quantitative estimate of drug-likeness (QED) is 0.113. The Morgan fingerprint density at radius 1 is 0.683 bits per heavy atom. The van der Waals surface area contributed by atoms with Gasteiger partial charge >= 0.3 is 12.2 Å². The van der Waals surface area contributed by atoms with Gasteiger partial charge in [0, 0.05) is 38.7 Å². The molecule has 4 heterocycles. The Morgan fingerprint density at radius 3 is 1.77 bits per heavy atom. The van der Waals surface area contributed by atoms with Crippen LogP contribution in [0.25, 0.3) is 33.6 Å². The zero-order chi connectivity index (χ0) is 42.6. The molecule has 0 unspecified atom stereocenters. The molecule has 7 rings (SSSR count). The lowest BCUT2D eigenvalue weighted by Crippen LogP contribution is -2.54. The van der Waals surface area contributed by atoms with Crippen LogP contribution in [0.1, 0.15) is 82.4 Å². The van der Waals surface area contributed by atoms with Crippen LogP contribution in [0.3, 0.4) is 0 Å². The van der Waals surface area contributed by atoms with E-state index in [1.165, 1.54) is 28.4 Å². The lowest BCUT2D eigenvalue weighted by molar-refractivity contribution is -0.138. The van der Waals surface area contributed by atoms with E-state index < -0.39 is 36.5 Å². The normalized spacial score (nSPS) is 20.4. The lowest BCUT2D eigenvalue weighted by Gasteiger charge is -2.31. The maximum atomic E-state index is 14.1. The minimum atomic E-state index is -0.902. The van der Waals surface area contributed by atoms with Gasteiger partial charge in [-0.15, -0.1) is 0 Å². The number of hydrogen-bond donors (Lipinski definition) is 4. The summed E-state index contributed by atoms with van der Waals surface area (Å²) in [5.41, 5.74) is 6.87. The van der Waals surface area contributed by atoms with Crippen LogP contribution in [0.2, 0.25) is 0 Å². The van der Waals surface area contributed by atoms with Gasteiger partial charge in [-0.1, -0.05) is 61.4 Å². The molecular weight excluding hydrogens is 767 g/mol. The fourth-order valence-electron chi connectivity index (χ4n) is 9.25. The smallest absolute Gasteiger partial charge is 0.407 e. The first-order valence-corrected chi connectivity index (χ1v) is 20.8. The summed E-state index contributed by atoms with van der Waals surface area (Å²) in [6.45, 7) is 4.70. The number of rotatable bonds is 13. The third-order valence-electron chi connectivity index (χ3n) is 12.8. The van der Waals surface area contributed by atoms with Crippen molar-refractivity contribution in [1.82, 2.24) is 35.4 Å². The van der Waals surface area contributed by atoms with Crippen molar-refractivity contribution in [3.8, 4) is 33.6 Å². The van der Waals surface area contributed by atoms with Crippen LogP contribution in [0.5, 0.6) is 0 Å². The second-order valence-electron chi connectivity index (χ2n) is 16.4. The van der Waals surface area contributed by atoms with Crippen LogP contribution in [0, 0.1) is 5.41 Å². The number of nitrogens with one attached hydrogen (secondary N) is 4. The number of carbonyl (C=O) groups excluding carboxylic acids is 4. The van der Waals surface area contributed by atoms with Gasteiger partial charge in [-0.2, -0.15) is 0 Å². The van der Waals surface area contributed by atoms with Crippen molar-refractivity contribution in [2.75, 3.05) is 41.5 Å². The van der Waals surface area contributed by atoms with Crippen molar-refractivity contribution in [1.29, 1.82) is 0 Å². The van der Waals surface area contributed by atoms with Crippen LogP contribution in [0.4, 0.5) is 9.59 Å². The Bertz CT molecular complexity index is 2130. The molecule has 4 aromatic rings. The summed E-state index contributed by atoms with van der Waals surface area (Å²) in [7, 11) is 5.58. The van der Waals surface area contributed by atoms with E-state index in [0.717, 1.165) is 90.1 Å². The molecule has 3 fully saturated rings. The van der Waals surface area contributed by atoms with E-state index in [1.54, 1.807) is 13.8 Å². The average Bonchev–Trinajstić information content (AvgIpc) is 4.15. The lowest BCUT2D eigenvalue weighted by atomic mass is 9.84. The molecule has 3 aliphatic rings. The molecule has 6 atom stereocenters. The highest BCUT2D eigenvalue weighted by Crippen LogP contribution is 2.52. The maximum Gasteiger partial charge on any atom is 0.407 e. The van der Waals surface area contributed by atoms with Gasteiger partial charge in [0.25, 0.3) is 0 Å². The molecule has 0 radical (unpaired) electrons. The van der Waals surface area contributed by atoms with Gasteiger partial charge in [0.1, 0.15) is 17.9 Å². The van der Waals surface area contributed by atoms with Gasteiger partial charge < -0.3 is 49.3 Å². The zero-order valence-corrected chi connectivity index (χ0v) is 35.3. The third-order valence-corrected chi connectivity index (χ3v) is 12.8. The molecule has 4 amide bonds. The number of likely N-dealkylation sites (tertiary alicyclic amines) is 2. The Morgan fingerprint density at radius 2 is 1.22 bits per heavy atom. The molecule has 2 aliphatic heterocycles. The fraction of sp³-hybridized carbons (Fsp3) is 0.489. The van der Waals surface area contributed by atoms with Crippen molar-refractivity contribution in [3.63, 3.8) is 0 Å². The Balaban J connectivity index is 1.03. The third kappa shape index (κ3) is 8.78. The SMILES string of the molecule is COC(=O)N[C@H](C(=O)N1CCC[C@H]1c1ccc(-c2ccc(-c3ccc(-c4cnc([C@@H]5CC6(CCCC6)CN5C(=O)[C@@H](NC(=O)OC)[C@@H](C)OC)[nH]4)cc3)cc2)[nH]1)[C@@H](C)OC. The van der Waals surface area contributed by atoms with Gasteiger partial charge in [0.15, 0.2) is 0 Å². The molecule has 60 heavy (non-hydrogen) atoms. The minimum Gasteiger partial charge on any atom is -0.453 e. The summed E-state index contributed by atoms with van der Waals surface area (Å²) in [5, 5.41) is 5.34. The summed E-state index contributed by atoms with van der Waals surface area (Å²) in [6.07, 6.45) is 6.21. The summed E-state index contributed by atoms with van der Waals surface area (Å²) in [5.74, 6) is 0.307. The number of methoxy groups -OCH3 is 4. The van der Waals surface area contributed by atoms with E-state index in [1.807, 2.05) is 28.1 Å². The van der Waals surface area contributed by atoms with E-state index in [-0.39, 0.29) is 29.3 Å². The molecule has 1 saturated carbocycles. The largest absolute Gasteiger partial charge is 0.453 e. The highest BCUT2D eigenvalue weighted by Gasteiger charge is 2.50. The number of ether oxygens (including phenoxy) is 4. The van der Waals surface area contributed by atoms with Crippen molar-refractivity contribution >= 4 is 24.0 Å². The van der Waals surface area contributed by atoms with Crippen LogP contribution in [-0.2, 0) is 28.5 Å². The minimum absolute atomic E-state index is 0.0239. The molecular formula is C45H57N7O8. The number of alkyl carbamates (subject to hydrolysis) is 2. The topological polar surface area (TPSA) is 180 Å². The highest BCUT2D eigenvalue weighted by atomic mass is 16.5. The van der Waals surface area contributed by atoms with Crippen LogP contribution >= 0.6 is 0 Å². The molecule has 1 spiro atoms. The van der Waals surface area contributed by atoms with E-state index in [4.69, 9.17) is 23.9 Å². The molecule has 2 saturated heterocycles. The summed E-state index contributed by atoms with van der Waals surface area (Å²) in [6, 6.07) is 18.5. The van der Waals surface area contributed by atoms with E-state index in [9.17, 15) is 19.2 Å². The Hall–Kier alpha value is -5.67. The number of amides is 4. The van der Waals surface area contributed by atoms with Gasteiger partial charge in [-0.3, -0.25) is 9.59 Å². The van der Waals surface area contributed by atoms with E-state index >= 15 is 0 Å². The standard InChI is InChI=1S/C45H57N7O8/c1-27(57-3)38(49-43(55)59-5)41(53)51-23-9-10-36(51)34-20-19-33(47-34)31-15-11-29(12-16-31)30-13-17-32(18-14-30)35-25-46-40(48-35)37-24-45(21-7-8-22-45)26-52(37)42(54)39(28(2)58-4)50-44(56)60-6/h11-20,25,27-28,36-39,47H,7-10,21-24,26H2,1-6H3,(H,46,48)(H,49,55)(H,50,56)/t27-,28-,36+,37+,38+,39+/m1/s1. The fourth-order valence-corrected chi connectivity index (χ4v) is 9.25. The van der Waals surface area contributed by atoms with Crippen molar-refractivity contribution in [2.24, 2.45) is 5.41 Å². The van der Waals surface area contributed by atoms with Gasteiger partial charge in [0.2, 0.25) is 11.8 Å². The first-order chi connectivity index (χ1) is 29.0. The van der Waals surface area contributed by atoms with E-state index in [0.29, 0.717) is 13.1 Å². The van der Waals surface area contributed by atoms with Crippen LogP contribution < -0.4 is 10.6 Å². The molecule has 15 nitrogen and oxygen atoms in total. The average molecular weight is 824 g/mol. The summed E-state index contributed by atoms with van der Waals surface area (Å²) in [4.78, 5) is 67.7. The van der Waals surface area contributed by atoms with Gasteiger partial charge in [-0.25, -0.2) is 14.6 Å². The number of imidazole rings is 1. The molecule has 15 heteroatoms. The number of aromatic amines is 2. The summed E-state index contributed by atoms with van der Waals surface area (Å²) >= 11 is 0. The molecule has 1 aliphatic carbocycles. The molecule has 2 aromatic carbocycles. The highest BCUT2D eigenvalue weighted by molar-refractivity contribution is 5.88. The van der Waals surface area contributed by atoms with Crippen LogP contribution in [0.15, 0.2) is 66.9 Å². The van der Waals surface area contributed by atoms with Crippen molar-refractivity contribution in [2.45, 2.75) is 95.2 Å². The zero-order valence-electron chi connectivity index (χ0n) is 35.3. The Kier molecular flexibility index (Phi) is 12.9. The Labute approximate surface area is 350 Å². The van der Waals surface area contributed by atoms with E-state index in [2.05, 4.69) is 69.1 Å². The molecule has 4 N–H and O–H groups in total. The number of nitrogens with zero attached hydrogens (tertiary/aromatic N) is 3. The monoisotopic (exact) mass is 823 g/mol. The number of H-pyrrole nitrogens is 2. The van der Waals surface area contributed by atoms with Crippen molar-refractivity contribution < 1.29 is 38.1 Å². The van der Waals surface area contributed by atoms with Crippen molar-refractivity contribution in [3.05, 3.63) is 78.4 Å². The van der Waals surface area contributed by atoms with Gasteiger partial charge in [-0.05, 0) is 85.8 Å². The summed E-state index contributed by atoms with van der Waals surface area (Å²) < 4.78 is 20.5. The number of hydrogen-bond acceptors (Lipinski definition) is 9. The second-order valence-corrected chi connectivity index (χ2v) is 16.4. The van der Waals surface area contributed by atoms with Crippen LogP contribution in [-0.4, -0.2) is 115 Å². The number of aromatic nitrogens is 3. The first-order valence-electron chi connectivity index (χ1n) is 20.8. The number of carbonyl (C=O) groups is 4. The predicted molar refractivity (Wildman–Crippen MR) is 225 cm³/mol. The van der Waals surface area contributed by atoms with Gasteiger partial charge in [0.05, 0.1) is 50.4 Å². The molecule has 320 valence electrons. The number of benzene rings is 2.